The van der Waals surface area contributed by atoms with Crippen LogP contribution in [-0.4, -0.2) is 29.1 Å². The van der Waals surface area contributed by atoms with E-state index in [0.29, 0.717) is 12.0 Å². The van der Waals surface area contributed by atoms with Crippen molar-refractivity contribution in [1.29, 1.82) is 0 Å². The molecule has 1 aromatic rings. The molecule has 17 heavy (non-hydrogen) atoms. The zero-order chi connectivity index (χ0) is 12.4. The highest BCUT2D eigenvalue weighted by Gasteiger charge is 2.22. The van der Waals surface area contributed by atoms with Crippen molar-refractivity contribution in [3.8, 4) is 5.75 Å². The van der Waals surface area contributed by atoms with Gasteiger partial charge < -0.3 is 10.0 Å². The molecule has 1 aliphatic heterocycles. The third-order valence-electron chi connectivity index (χ3n) is 3.64. The summed E-state index contributed by atoms with van der Waals surface area (Å²) in [5, 5.41) is 9.41. The summed E-state index contributed by atoms with van der Waals surface area (Å²) >= 11 is 0. The molecule has 1 aliphatic rings. The fourth-order valence-electron chi connectivity index (χ4n) is 2.58. The lowest BCUT2D eigenvalue weighted by molar-refractivity contribution is 0.171. The van der Waals surface area contributed by atoms with E-state index in [-0.39, 0.29) is 11.6 Å². The van der Waals surface area contributed by atoms with Gasteiger partial charge in [-0.05, 0) is 63.4 Å². The number of phenolic OH excluding ortho intramolecular Hbond substituents is 1. The normalized spacial score (nSPS) is 18.8. The van der Waals surface area contributed by atoms with Gasteiger partial charge >= 0.3 is 0 Å². The van der Waals surface area contributed by atoms with E-state index in [9.17, 15) is 9.50 Å². The van der Waals surface area contributed by atoms with Crippen molar-refractivity contribution in [2.75, 3.05) is 13.1 Å². The maximum atomic E-state index is 13.2. The Hall–Kier alpha value is -1.09. The Labute approximate surface area is 102 Å². The lowest BCUT2D eigenvalue weighted by atomic mass is 9.89. The fraction of sp³-hybridized carbons (Fsp3) is 0.571. The predicted molar refractivity (Wildman–Crippen MR) is 66.7 cm³/mol. The van der Waals surface area contributed by atoms with Crippen LogP contribution in [0.3, 0.4) is 0 Å². The molecule has 1 N–H and O–H groups in total. The van der Waals surface area contributed by atoms with Crippen molar-refractivity contribution >= 4 is 0 Å². The number of phenols is 1. The molecule has 2 nitrogen and oxygen atoms in total. The number of hydrogen-bond acceptors (Lipinski definition) is 2. The molecule has 1 aromatic carbocycles. The molecule has 1 fully saturated rings. The van der Waals surface area contributed by atoms with Crippen LogP contribution in [0.5, 0.6) is 5.75 Å². The van der Waals surface area contributed by atoms with Crippen molar-refractivity contribution < 1.29 is 9.50 Å². The summed E-state index contributed by atoms with van der Waals surface area (Å²) in [7, 11) is 0. The molecular weight excluding hydrogens is 217 g/mol. The smallest absolute Gasteiger partial charge is 0.127 e. The molecule has 0 amide bonds. The highest BCUT2D eigenvalue weighted by Crippen LogP contribution is 2.31. The summed E-state index contributed by atoms with van der Waals surface area (Å²) in [6, 6.07) is 4.98. The van der Waals surface area contributed by atoms with Gasteiger partial charge in [0.1, 0.15) is 11.6 Å². The van der Waals surface area contributed by atoms with E-state index in [2.05, 4.69) is 18.7 Å². The third-order valence-corrected chi connectivity index (χ3v) is 3.64. The third kappa shape index (κ3) is 2.97. The number of rotatable bonds is 2. The number of aromatic hydroxyl groups is 1. The number of halogens is 1. The van der Waals surface area contributed by atoms with Gasteiger partial charge in [0.25, 0.3) is 0 Å². The topological polar surface area (TPSA) is 23.5 Å². The first-order valence-corrected chi connectivity index (χ1v) is 6.30. The largest absolute Gasteiger partial charge is 0.508 e. The quantitative estimate of drug-likeness (QED) is 0.854. The number of hydrogen-bond donors (Lipinski definition) is 1. The molecule has 1 heterocycles. The summed E-state index contributed by atoms with van der Waals surface area (Å²) in [5.74, 6) is 0.0733. The van der Waals surface area contributed by atoms with Crippen LogP contribution in [0.4, 0.5) is 4.39 Å². The van der Waals surface area contributed by atoms with E-state index >= 15 is 0 Å². The number of piperidine rings is 1. The summed E-state index contributed by atoms with van der Waals surface area (Å²) in [6.45, 7) is 6.52. The Morgan fingerprint density at radius 2 is 1.88 bits per heavy atom. The van der Waals surface area contributed by atoms with Crippen LogP contribution in [-0.2, 0) is 0 Å². The van der Waals surface area contributed by atoms with E-state index in [1.807, 2.05) is 0 Å². The second kappa shape index (κ2) is 5.05. The lowest BCUT2D eigenvalue weighted by Gasteiger charge is -2.34. The zero-order valence-electron chi connectivity index (χ0n) is 10.5. The summed E-state index contributed by atoms with van der Waals surface area (Å²) < 4.78 is 13.2. The Bertz CT molecular complexity index is 364. The predicted octanol–water partition coefficient (Wildman–Crippen LogP) is 3.12. The van der Waals surface area contributed by atoms with Gasteiger partial charge in [-0.1, -0.05) is 0 Å². The second-order valence-corrected chi connectivity index (χ2v) is 5.15. The van der Waals surface area contributed by atoms with E-state index < -0.39 is 0 Å². The van der Waals surface area contributed by atoms with E-state index in [1.165, 1.54) is 0 Å². The van der Waals surface area contributed by atoms with Crippen molar-refractivity contribution in [2.45, 2.75) is 38.6 Å². The average molecular weight is 237 g/mol. The number of benzene rings is 1. The maximum absolute atomic E-state index is 13.2. The van der Waals surface area contributed by atoms with Crippen LogP contribution in [0, 0.1) is 5.82 Å². The maximum Gasteiger partial charge on any atom is 0.127 e. The summed E-state index contributed by atoms with van der Waals surface area (Å²) in [6.07, 6.45) is 2.09. The Kier molecular flexibility index (Phi) is 3.67. The van der Waals surface area contributed by atoms with Gasteiger partial charge in [0.05, 0.1) is 0 Å². The van der Waals surface area contributed by atoms with Crippen molar-refractivity contribution in [3.63, 3.8) is 0 Å². The van der Waals surface area contributed by atoms with Crippen molar-refractivity contribution in [3.05, 3.63) is 29.6 Å². The molecule has 0 bridgehead atoms. The van der Waals surface area contributed by atoms with Crippen molar-refractivity contribution in [1.82, 2.24) is 4.90 Å². The van der Waals surface area contributed by atoms with Gasteiger partial charge in [0, 0.05) is 12.1 Å². The molecule has 2 rings (SSSR count). The Morgan fingerprint density at radius 1 is 1.24 bits per heavy atom. The zero-order valence-corrected chi connectivity index (χ0v) is 10.5. The van der Waals surface area contributed by atoms with Crippen LogP contribution < -0.4 is 0 Å². The molecule has 0 radical (unpaired) electrons. The van der Waals surface area contributed by atoms with E-state index in [4.69, 9.17) is 0 Å². The second-order valence-electron chi connectivity index (χ2n) is 5.15. The first kappa shape index (κ1) is 12.4. The molecule has 1 saturated heterocycles. The molecule has 94 valence electrons. The Balaban J connectivity index is 2.05. The highest BCUT2D eigenvalue weighted by molar-refractivity contribution is 5.31. The van der Waals surface area contributed by atoms with Gasteiger partial charge in [-0.25, -0.2) is 4.39 Å². The first-order chi connectivity index (χ1) is 8.06. The van der Waals surface area contributed by atoms with Crippen LogP contribution in [0.2, 0.25) is 0 Å². The summed E-state index contributed by atoms with van der Waals surface area (Å²) in [5.41, 5.74) is 0.936. The number of nitrogens with zero attached hydrogens (tertiary/aromatic N) is 1. The Morgan fingerprint density at radius 3 is 2.41 bits per heavy atom. The van der Waals surface area contributed by atoms with E-state index in [0.717, 1.165) is 37.6 Å². The van der Waals surface area contributed by atoms with Crippen LogP contribution in [0.25, 0.3) is 0 Å². The SMILES string of the molecule is CC(C)N1CCC(c2cc(O)cc(F)c2)CC1. The van der Waals surface area contributed by atoms with Crippen molar-refractivity contribution in [2.24, 2.45) is 0 Å². The van der Waals surface area contributed by atoms with Crippen LogP contribution in [0.1, 0.15) is 38.2 Å². The lowest BCUT2D eigenvalue weighted by Crippen LogP contribution is -2.37. The molecule has 0 saturated carbocycles. The minimum atomic E-state index is -0.341. The minimum absolute atomic E-state index is 0.0336. The molecule has 0 spiro atoms. The van der Waals surface area contributed by atoms with Gasteiger partial charge in [-0.3, -0.25) is 0 Å². The van der Waals surface area contributed by atoms with Gasteiger partial charge in [-0.15, -0.1) is 0 Å². The monoisotopic (exact) mass is 237 g/mol. The first-order valence-electron chi connectivity index (χ1n) is 6.30. The van der Waals surface area contributed by atoms with E-state index in [1.54, 1.807) is 12.1 Å². The minimum Gasteiger partial charge on any atom is -0.508 e. The molecule has 3 heteroatoms. The van der Waals surface area contributed by atoms with Gasteiger partial charge in [-0.2, -0.15) is 0 Å². The van der Waals surface area contributed by atoms with Crippen LogP contribution >= 0.6 is 0 Å². The fourth-order valence-corrected chi connectivity index (χ4v) is 2.58. The standard InChI is InChI=1S/C14H20FNO/c1-10(2)16-5-3-11(4-6-16)12-7-13(15)9-14(17)8-12/h7-11,17H,3-6H2,1-2H3. The molecule has 0 aliphatic carbocycles. The summed E-state index contributed by atoms with van der Waals surface area (Å²) in [4.78, 5) is 2.44. The van der Waals surface area contributed by atoms with Gasteiger partial charge in [0.15, 0.2) is 0 Å². The molecule has 0 aromatic heterocycles. The number of likely N-dealkylation sites (tertiary alicyclic amines) is 1. The van der Waals surface area contributed by atoms with Crippen LogP contribution in [0.15, 0.2) is 18.2 Å². The average Bonchev–Trinajstić information content (AvgIpc) is 2.28. The molecular formula is C14H20FNO. The van der Waals surface area contributed by atoms with Gasteiger partial charge in [0.2, 0.25) is 0 Å². The highest BCUT2D eigenvalue weighted by atomic mass is 19.1. The molecule has 0 atom stereocenters. The molecule has 0 unspecified atom stereocenters.